The highest BCUT2D eigenvalue weighted by Crippen LogP contribution is 1.97. The van der Waals surface area contributed by atoms with E-state index in [0.717, 1.165) is 0 Å². The molecule has 0 radical (unpaired) electrons. The Hall–Kier alpha value is -0.990. The maximum absolute atomic E-state index is 11.0. The largest absolute Gasteiger partial charge is 0.293 e. The van der Waals surface area contributed by atoms with Crippen molar-refractivity contribution in [2.45, 2.75) is 19.9 Å². The van der Waals surface area contributed by atoms with Crippen LogP contribution >= 0.6 is 0 Å². The Morgan fingerprint density at radius 1 is 1.50 bits per heavy atom. The predicted molar refractivity (Wildman–Crippen MR) is 40.1 cm³/mol. The summed E-state index contributed by atoms with van der Waals surface area (Å²) in [5.74, 6) is 0. The molecule has 0 unspecified atom stereocenters. The molecule has 1 aromatic heterocycles. The van der Waals surface area contributed by atoms with Gasteiger partial charge in [-0.15, -0.1) is 0 Å². The van der Waals surface area contributed by atoms with Crippen LogP contribution in [0.1, 0.15) is 19.9 Å². The van der Waals surface area contributed by atoms with Gasteiger partial charge in [0.15, 0.2) is 0 Å². The van der Waals surface area contributed by atoms with E-state index >= 15 is 0 Å². The van der Waals surface area contributed by atoms with E-state index in [0.29, 0.717) is 0 Å². The number of aryl methyl sites for hydroxylation is 1. The van der Waals surface area contributed by atoms with Crippen LogP contribution in [0.5, 0.6) is 0 Å². The second kappa shape index (κ2) is 2.33. The zero-order chi connectivity index (χ0) is 7.72. The van der Waals surface area contributed by atoms with Crippen LogP contribution < -0.4 is 5.56 Å². The average molecular weight is 140 g/mol. The molecule has 3 heteroatoms. The molecule has 0 N–H and O–H groups in total. The third-order valence-corrected chi connectivity index (χ3v) is 1.49. The highest BCUT2D eigenvalue weighted by Gasteiger charge is 2.01. The zero-order valence-electron chi connectivity index (χ0n) is 6.53. The smallest absolute Gasteiger partial charge is 0.266 e. The molecule has 0 saturated carbocycles. The summed E-state index contributed by atoms with van der Waals surface area (Å²) in [6.45, 7) is 3.98. The lowest BCUT2D eigenvalue weighted by molar-refractivity contribution is 0.438. The van der Waals surface area contributed by atoms with Crippen molar-refractivity contribution in [3.05, 3.63) is 22.6 Å². The molecule has 0 aliphatic heterocycles. The molecule has 0 fully saturated rings. The van der Waals surface area contributed by atoms with Gasteiger partial charge in [-0.1, -0.05) is 0 Å². The third-order valence-electron chi connectivity index (χ3n) is 1.49. The lowest BCUT2D eigenvalue weighted by Crippen LogP contribution is -2.22. The second-order valence-corrected chi connectivity index (χ2v) is 2.67. The molecular formula is C7H12N2O. The van der Waals surface area contributed by atoms with Crippen LogP contribution in [-0.2, 0) is 7.05 Å². The molecular weight excluding hydrogens is 128 g/mol. The number of nitrogens with zero attached hydrogens (tertiary/aromatic N) is 2. The van der Waals surface area contributed by atoms with Gasteiger partial charge in [-0.05, 0) is 13.8 Å². The molecule has 0 aromatic carbocycles. The molecule has 0 spiro atoms. The van der Waals surface area contributed by atoms with Gasteiger partial charge in [-0.3, -0.25) is 9.48 Å². The summed E-state index contributed by atoms with van der Waals surface area (Å²) >= 11 is 0. The van der Waals surface area contributed by atoms with Gasteiger partial charge in [0, 0.05) is 25.4 Å². The van der Waals surface area contributed by atoms with E-state index in [9.17, 15) is 4.79 Å². The number of rotatable bonds is 1. The monoisotopic (exact) mass is 140 g/mol. The molecule has 1 heterocycles. The molecule has 0 atom stereocenters. The highest BCUT2D eigenvalue weighted by atomic mass is 16.1. The van der Waals surface area contributed by atoms with Crippen LogP contribution in [-0.4, -0.2) is 9.36 Å². The van der Waals surface area contributed by atoms with Gasteiger partial charge in [-0.2, -0.15) is 0 Å². The fraction of sp³-hybridized carbons (Fsp3) is 0.571. The fourth-order valence-corrected chi connectivity index (χ4v) is 1.09. The third kappa shape index (κ3) is 0.988. The van der Waals surface area contributed by atoms with Crippen molar-refractivity contribution in [3.63, 3.8) is 0 Å². The van der Waals surface area contributed by atoms with E-state index < -0.39 is 0 Å². The second-order valence-electron chi connectivity index (χ2n) is 2.67. The molecule has 0 amide bonds. The summed E-state index contributed by atoms with van der Waals surface area (Å²) in [4.78, 5) is 11.0. The fourth-order valence-electron chi connectivity index (χ4n) is 1.09. The van der Waals surface area contributed by atoms with Gasteiger partial charge >= 0.3 is 0 Å². The van der Waals surface area contributed by atoms with E-state index in [4.69, 9.17) is 0 Å². The van der Waals surface area contributed by atoms with E-state index in [1.807, 2.05) is 20.9 Å². The maximum atomic E-state index is 11.0. The first-order valence-corrected chi connectivity index (χ1v) is 3.37. The standard InChI is InChI=1S/C7H12N2O/c1-6(2)9-7(10)4-5-8(9)3/h4-6H,1-3H3. The van der Waals surface area contributed by atoms with Crippen LogP contribution in [0.3, 0.4) is 0 Å². The van der Waals surface area contributed by atoms with Crippen molar-refractivity contribution in [1.29, 1.82) is 0 Å². The lowest BCUT2D eigenvalue weighted by Gasteiger charge is -2.09. The normalized spacial score (nSPS) is 10.8. The van der Waals surface area contributed by atoms with Gasteiger partial charge in [-0.25, -0.2) is 4.68 Å². The van der Waals surface area contributed by atoms with Crippen LogP contribution in [0.25, 0.3) is 0 Å². The van der Waals surface area contributed by atoms with E-state index in [-0.39, 0.29) is 11.6 Å². The van der Waals surface area contributed by atoms with Crippen LogP contribution in [0, 0.1) is 0 Å². The zero-order valence-corrected chi connectivity index (χ0v) is 6.53. The van der Waals surface area contributed by atoms with Crippen molar-refractivity contribution in [2.75, 3.05) is 0 Å². The van der Waals surface area contributed by atoms with Crippen molar-refractivity contribution >= 4 is 0 Å². The van der Waals surface area contributed by atoms with Gasteiger partial charge in [0.1, 0.15) is 0 Å². The molecule has 1 rings (SSSR count). The van der Waals surface area contributed by atoms with Gasteiger partial charge in [0.05, 0.1) is 0 Å². The minimum absolute atomic E-state index is 0.0671. The Labute approximate surface area is 59.9 Å². The summed E-state index contributed by atoms with van der Waals surface area (Å²) in [5.41, 5.74) is 0.0671. The maximum Gasteiger partial charge on any atom is 0.266 e. The van der Waals surface area contributed by atoms with Crippen LogP contribution in [0.4, 0.5) is 0 Å². The molecule has 0 aliphatic rings. The molecule has 3 nitrogen and oxygen atoms in total. The van der Waals surface area contributed by atoms with Gasteiger partial charge in [0.2, 0.25) is 0 Å². The summed E-state index contributed by atoms with van der Waals surface area (Å²) in [6, 6.07) is 1.81. The first kappa shape index (κ1) is 7.12. The molecule has 0 aliphatic carbocycles. The molecule has 0 saturated heterocycles. The Morgan fingerprint density at radius 3 is 2.30 bits per heavy atom. The van der Waals surface area contributed by atoms with Crippen molar-refractivity contribution < 1.29 is 0 Å². The van der Waals surface area contributed by atoms with Gasteiger partial charge < -0.3 is 0 Å². The number of aromatic nitrogens is 2. The minimum atomic E-state index is 0.0671. The average Bonchev–Trinajstić information content (AvgIpc) is 2.11. The van der Waals surface area contributed by atoms with Crippen LogP contribution in [0.15, 0.2) is 17.1 Å². The Bertz CT molecular complexity index is 269. The van der Waals surface area contributed by atoms with Crippen molar-refractivity contribution in [1.82, 2.24) is 9.36 Å². The lowest BCUT2D eigenvalue weighted by atomic mass is 10.4. The van der Waals surface area contributed by atoms with E-state index in [1.165, 1.54) is 0 Å². The van der Waals surface area contributed by atoms with E-state index in [2.05, 4.69) is 0 Å². The summed E-state index contributed by atoms with van der Waals surface area (Å²) in [7, 11) is 1.86. The van der Waals surface area contributed by atoms with E-state index in [1.54, 1.807) is 21.6 Å². The predicted octanol–water partition coefficient (Wildman–Crippen LogP) is 0.768. The van der Waals surface area contributed by atoms with Crippen molar-refractivity contribution in [3.8, 4) is 0 Å². The molecule has 0 bridgehead atoms. The summed E-state index contributed by atoms with van der Waals surface area (Å²) < 4.78 is 3.49. The van der Waals surface area contributed by atoms with Crippen LogP contribution in [0.2, 0.25) is 0 Å². The Morgan fingerprint density at radius 2 is 2.10 bits per heavy atom. The Kier molecular flexibility index (Phi) is 1.66. The van der Waals surface area contributed by atoms with Crippen molar-refractivity contribution in [2.24, 2.45) is 7.05 Å². The molecule has 1 aromatic rings. The SMILES string of the molecule is CC(C)n1c(=O)ccn1C. The molecule has 10 heavy (non-hydrogen) atoms. The van der Waals surface area contributed by atoms with Gasteiger partial charge in [0.25, 0.3) is 5.56 Å². The summed E-state index contributed by atoms with van der Waals surface area (Å²) in [6.07, 6.45) is 1.77. The number of hydrogen-bond donors (Lipinski definition) is 0. The minimum Gasteiger partial charge on any atom is -0.293 e. The number of hydrogen-bond acceptors (Lipinski definition) is 1. The topological polar surface area (TPSA) is 26.9 Å². The summed E-state index contributed by atoms with van der Waals surface area (Å²) in [5, 5.41) is 0. The highest BCUT2D eigenvalue weighted by molar-refractivity contribution is 4.84. The molecule has 56 valence electrons. The Balaban J connectivity index is 3.23. The first-order chi connectivity index (χ1) is 4.63. The first-order valence-electron chi connectivity index (χ1n) is 3.37. The quantitative estimate of drug-likeness (QED) is 0.566.